The van der Waals surface area contributed by atoms with Crippen LogP contribution >= 0.6 is 0 Å². The van der Waals surface area contributed by atoms with Crippen molar-refractivity contribution in [3.63, 3.8) is 0 Å². The number of nitrogens with one attached hydrogen (secondary N) is 2. The SMILES string of the molecule is NC1CCN(S(=O)(=O)N2[C@@H]3CC[C@H]2C[C@@H](NC(=O)c2cc4c(cc2F)NC(=O)C4)C3)CC1. The van der Waals surface area contributed by atoms with Gasteiger partial charge in [0.1, 0.15) is 5.82 Å². The van der Waals surface area contributed by atoms with Crippen molar-refractivity contribution in [2.45, 2.75) is 69.1 Å². The minimum Gasteiger partial charge on any atom is -0.349 e. The van der Waals surface area contributed by atoms with Crippen LogP contribution in [0.4, 0.5) is 10.1 Å². The Hall–Kier alpha value is -2.08. The lowest BCUT2D eigenvalue weighted by Gasteiger charge is -2.41. The van der Waals surface area contributed by atoms with Crippen molar-refractivity contribution in [1.82, 2.24) is 13.9 Å². The lowest BCUT2D eigenvalue weighted by Crippen LogP contribution is -2.57. The Kier molecular flexibility index (Phi) is 5.47. The van der Waals surface area contributed by atoms with E-state index in [1.165, 1.54) is 16.4 Å². The molecule has 0 saturated carbocycles. The third-order valence-corrected chi connectivity index (χ3v) is 9.30. The summed E-state index contributed by atoms with van der Waals surface area (Å²) in [5.74, 6) is -1.44. The number of fused-ring (bicyclic) bond motifs is 3. The van der Waals surface area contributed by atoms with Crippen molar-refractivity contribution >= 4 is 27.7 Å². The number of piperidine rings is 2. The van der Waals surface area contributed by atoms with Gasteiger partial charge in [0.2, 0.25) is 5.91 Å². The Bertz CT molecular complexity index is 1040. The smallest absolute Gasteiger partial charge is 0.282 e. The molecule has 2 amide bonds. The summed E-state index contributed by atoms with van der Waals surface area (Å²) in [6.07, 6.45) is 3.96. The molecule has 0 radical (unpaired) electrons. The molecule has 32 heavy (non-hydrogen) atoms. The third kappa shape index (κ3) is 3.81. The zero-order valence-electron chi connectivity index (χ0n) is 17.7. The fourth-order valence-corrected chi connectivity index (χ4v) is 7.63. The number of rotatable bonds is 4. The van der Waals surface area contributed by atoms with E-state index in [0.29, 0.717) is 50.0 Å². The molecule has 3 atom stereocenters. The average Bonchev–Trinajstić information content (AvgIpc) is 3.23. The summed E-state index contributed by atoms with van der Waals surface area (Å²) in [6.45, 7) is 0.878. The van der Waals surface area contributed by atoms with E-state index in [-0.39, 0.29) is 42.1 Å². The van der Waals surface area contributed by atoms with Crippen molar-refractivity contribution in [2.24, 2.45) is 5.73 Å². The standard InChI is InChI=1S/C21H28FN5O4S/c22-18-11-19-12(8-20(28)25-19)7-17(18)21(29)24-14-9-15-1-2-16(10-14)27(15)32(30,31)26-5-3-13(23)4-6-26/h7,11,13-16H,1-6,8-10,23H2,(H,24,29)(H,25,28)/t14-,15+,16-. The Balaban J connectivity index is 1.27. The molecule has 3 saturated heterocycles. The summed E-state index contributed by atoms with van der Waals surface area (Å²) in [5.41, 5.74) is 6.84. The summed E-state index contributed by atoms with van der Waals surface area (Å²) >= 11 is 0. The van der Waals surface area contributed by atoms with E-state index < -0.39 is 21.9 Å². The van der Waals surface area contributed by atoms with Gasteiger partial charge in [0.05, 0.1) is 12.0 Å². The number of carbonyl (C=O) groups excluding carboxylic acids is 2. The van der Waals surface area contributed by atoms with E-state index in [0.717, 1.165) is 12.8 Å². The first-order valence-corrected chi connectivity index (χ1v) is 12.6. The molecule has 4 aliphatic rings. The number of hydrogen-bond acceptors (Lipinski definition) is 5. The van der Waals surface area contributed by atoms with Crippen LogP contribution in [0.5, 0.6) is 0 Å². The lowest BCUT2D eigenvalue weighted by molar-refractivity contribution is -0.115. The van der Waals surface area contributed by atoms with E-state index in [4.69, 9.17) is 5.73 Å². The molecular weight excluding hydrogens is 437 g/mol. The molecule has 4 N–H and O–H groups in total. The molecule has 9 nitrogen and oxygen atoms in total. The van der Waals surface area contributed by atoms with Gasteiger partial charge >= 0.3 is 0 Å². The highest BCUT2D eigenvalue weighted by Crippen LogP contribution is 2.39. The van der Waals surface area contributed by atoms with Gasteiger partial charge in [-0.15, -0.1) is 0 Å². The summed E-state index contributed by atoms with van der Waals surface area (Å²) in [5, 5.41) is 5.47. The van der Waals surface area contributed by atoms with Crippen molar-refractivity contribution < 1.29 is 22.4 Å². The number of halogens is 1. The maximum atomic E-state index is 14.5. The van der Waals surface area contributed by atoms with Crippen molar-refractivity contribution in [3.8, 4) is 0 Å². The maximum Gasteiger partial charge on any atom is 0.282 e. The van der Waals surface area contributed by atoms with Crippen molar-refractivity contribution in [3.05, 3.63) is 29.1 Å². The van der Waals surface area contributed by atoms with Gasteiger partial charge in [0.25, 0.3) is 16.1 Å². The molecule has 11 heteroatoms. The van der Waals surface area contributed by atoms with Crippen molar-refractivity contribution in [1.29, 1.82) is 0 Å². The first kappa shape index (κ1) is 21.7. The third-order valence-electron chi connectivity index (χ3n) is 7.16. The molecular formula is C21H28FN5O4S. The van der Waals surface area contributed by atoms with Crippen LogP contribution in [0.25, 0.3) is 0 Å². The van der Waals surface area contributed by atoms with Crippen LogP contribution in [-0.2, 0) is 21.4 Å². The molecule has 174 valence electrons. The van der Waals surface area contributed by atoms with Crippen LogP contribution in [0, 0.1) is 5.82 Å². The lowest BCUT2D eigenvalue weighted by atomic mass is 9.99. The Labute approximate surface area is 186 Å². The molecule has 1 aromatic rings. The second-order valence-electron chi connectivity index (χ2n) is 9.32. The monoisotopic (exact) mass is 465 g/mol. The molecule has 5 rings (SSSR count). The number of hydrogen-bond donors (Lipinski definition) is 3. The minimum absolute atomic E-state index is 0.0487. The molecule has 0 spiro atoms. The van der Waals surface area contributed by atoms with Gasteiger partial charge in [0.15, 0.2) is 0 Å². The predicted molar refractivity (Wildman–Crippen MR) is 116 cm³/mol. The second kappa shape index (κ2) is 8.05. The van der Waals surface area contributed by atoms with Crippen LogP contribution in [0.15, 0.2) is 12.1 Å². The zero-order chi connectivity index (χ0) is 22.6. The fraction of sp³-hybridized carbons (Fsp3) is 0.619. The second-order valence-corrected chi connectivity index (χ2v) is 11.1. The summed E-state index contributed by atoms with van der Waals surface area (Å²) in [4.78, 5) is 24.3. The summed E-state index contributed by atoms with van der Waals surface area (Å²) < 4.78 is 44.2. The van der Waals surface area contributed by atoms with Gasteiger partial charge in [-0.2, -0.15) is 17.0 Å². The molecule has 2 bridgehead atoms. The van der Waals surface area contributed by atoms with E-state index in [1.807, 2.05) is 0 Å². The normalized spacial score (nSPS) is 29.1. The van der Waals surface area contributed by atoms with E-state index in [2.05, 4.69) is 10.6 Å². The molecule has 0 aromatic heterocycles. The highest BCUT2D eigenvalue weighted by Gasteiger charge is 2.49. The topological polar surface area (TPSA) is 125 Å². The number of anilines is 1. The summed E-state index contributed by atoms with van der Waals surface area (Å²) in [7, 11) is -3.57. The van der Waals surface area contributed by atoms with Gasteiger partial charge < -0.3 is 16.4 Å². The Morgan fingerprint density at radius 2 is 1.78 bits per heavy atom. The quantitative estimate of drug-likeness (QED) is 0.604. The van der Waals surface area contributed by atoms with Gasteiger partial charge in [0, 0.05) is 42.9 Å². The number of amides is 2. The number of nitrogens with zero attached hydrogens (tertiary/aromatic N) is 2. The molecule has 0 aliphatic carbocycles. The molecule has 0 unspecified atom stereocenters. The van der Waals surface area contributed by atoms with Crippen LogP contribution < -0.4 is 16.4 Å². The van der Waals surface area contributed by atoms with Gasteiger partial charge in [-0.1, -0.05) is 0 Å². The van der Waals surface area contributed by atoms with Gasteiger partial charge in [-0.05, 0) is 56.2 Å². The predicted octanol–water partition coefficient (Wildman–Crippen LogP) is 0.713. The van der Waals surface area contributed by atoms with Crippen LogP contribution in [0.1, 0.15) is 54.4 Å². The molecule has 4 aliphatic heterocycles. The highest BCUT2D eigenvalue weighted by molar-refractivity contribution is 7.86. The van der Waals surface area contributed by atoms with Gasteiger partial charge in [-0.3, -0.25) is 9.59 Å². The van der Waals surface area contributed by atoms with Crippen LogP contribution in [0.3, 0.4) is 0 Å². The molecule has 1 aromatic carbocycles. The number of carbonyl (C=O) groups is 2. The largest absolute Gasteiger partial charge is 0.349 e. The van der Waals surface area contributed by atoms with Crippen LogP contribution in [0.2, 0.25) is 0 Å². The number of nitrogens with two attached hydrogens (primary N) is 1. The van der Waals surface area contributed by atoms with Crippen LogP contribution in [-0.4, -0.2) is 66.1 Å². The van der Waals surface area contributed by atoms with E-state index in [9.17, 15) is 22.4 Å². The van der Waals surface area contributed by atoms with Gasteiger partial charge in [-0.25, -0.2) is 4.39 Å². The Morgan fingerprint density at radius 3 is 2.44 bits per heavy atom. The van der Waals surface area contributed by atoms with Crippen molar-refractivity contribution in [2.75, 3.05) is 18.4 Å². The molecule has 3 fully saturated rings. The first-order chi connectivity index (χ1) is 15.2. The molecule has 4 heterocycles. The number of benzene rings is 1. The highest BCUT2D eigenvalue weighted by atomic mass is 32.2. The average molecular weight is 466 g/mol. The van der Waals surface area contributed by atoms with E-state index >= 15 is 0 Å². The first-order valence-electron chi connectivity index (χ1n) is 11.2. The Morgan fingerprint density at radius 1 is 1.12 bits per heavy atom. The zero-order valence-corrected chi connectivity index (χ0v) is 18.5. The maximum absolute atomic E-state index is 14.5. The summed E-state index contributed by atoms with van der Waals surface area (Å²) in [6, 6.07) is 2.07. The fourth-order valence-electron chi connectivity index (χ4n) is 5.55. The van der Waals surface area contributed by atoms with E-state index in [1.54, 1.807) is 4.31 Å². The minimum atomic E-state index is -3.57.